The van der Waals surface area contributed by atoms with Crippen LogP contribution in [0.1, 0.15) is 37.4 Å². The summed E-state index contributed by atoms with van der Waals surface area (Å²) in [6.45, 7) is 1.97. The third kappa shape index (κ3) is 1.43. The van der Waals surface area contributed by atoms with Gasteiger partial charge in [0.1, 0.15) is 0 Å². The number of fused-ring (bicyclic) bond motifs is 2. The van der Waals surface area contributed by atoms with Gasteiger partial charge < -0.3 is 0 Å². The molecular formula is C21H12O2. The highest BCUT2D eigenvalue weighted by atomic mass is 16.1. The van der Waals surface area contributed by atoms with Crippen LogP contribution in [0.5, 0.6) is 0 Å². The zero-order chi connectivity index (χ0) is 15.7. The minimum absolute atomic E-state index is 0.00341. The second-order valence-electron chi connectivity index (χ2n) is 6.14. The van der Waals surface area contributed by atoms with E-state index in [0.29, 0.717) is 11.1 Å². The van der Waals surface area contributed by atoms with Crippen LogP contribution >= 0.6 is 0 Å². The largest absolute Gasteiger partial charge is 0.289 e. The molecule has 0 bridgehead atoms. The lowest BCUT2D eigenvalue weighted by atomic mass is 9.78. The Bertz CT molecular complexity index is 1100. The molecule has 0 saturated heterocycles. The highest BCUT2D eigenvalue weighted by molar-refractivity contribution is 6.31. The number of rotatable bonds is 0. The summed E-state index contributed by atoms with van der Waals surface area (Å²) in [5.41, 5.74) is 6.17. The van der Waals surface area contributed by atoms with E-state index in [0.717, 1.165) is 38.6 Å². The van der Waals surface area contributed by atoms with Gasteiger partial charge in [-0.15, -0.1) is 0 Å². The molecule has 0 spiro atoms. The number of carbonyl (C=O) groups excluding carboxylic acids is 2. The summed E-state index contributed by atoms with van der Waals surface area (Å²) in [4.78, 5) is 25.2. The van der Waals surface area contributed by atoms with E-state index in [1.807, 2.05) is 37.3 Å². The smallest absolute Gasteiger partial charge is 0.194 e. The van der Waals surface area contributed by atoms with Gasteiger partial charge in [0, 0.05) is 27.5 Å². The maximum atomic E-state index is 13.0. The molecule has 5 rings (SSSR count). The minimum atomic E-state index is 0.00341. The van der Waals surface area contributed by atoms with Gasteiger partial charge in [-0.2, -0.15) is 0 Å². The molecule has 0 amide bonds. The van der Waals surface area contributed by atoms with Crippen molar-refractivity contribution in [2.75, 3.05) is 0 Å². The number of hydrogen-bond acceptors (Lipinski definition) is 2. The molecule has 108 valence electrons. The Hall–Kier alpha value is -3.00. The zero-order valence-electron chi connectivity index (χ0n) is 12.5. The summed E-state index contributed by atoms with van der Waals surface area (Å²) in [6, 6.07) is 13.6. The van der Waals surface area contributed by atoms with Gasteiger partial charge in [-0.25, -0.2) is 0 Å². The van der Waals surface area contributed by atoms with E-state index in [2.05, 4.69) is 6.07 Å². The van der Waals surface area contributed by atoms with Crippen LogP contribution in [-0.4, -0.2) is 11.6 Å². The normalized spacial score (nSPS) is 14.3. The number of carbonyl (C=O) groups is 2. The van der Waals surface area contributed by atoms with Gasteiger partial charge >= 0.3 is 0 Å². The Morgan fingerprint density at radius 3 is 2.35 bits per heavy atom. The second-order valence-corrected chi connectivity index (χ2v) is 6.14. The fourth-order valence-corrected chi connectivity index (χ4v) is 3.86. The molecule has 0 unspecified atom stereocenters. The Balaban J connectivity index is 2.05. The Morgan fingerprint density at radius 1 is 0.696 bits per heavy atom. The average Bonchev–Trinajstić information content (AvgIpc) is 2.56. The predicted octanol–water partition coefficient (Wildman–Crippen LogP) is 4.57. The van der Waals surface area contributed by atoms with Crippen molar-refractivity contribution >= 4 is 28.4 Å². The van der Waals surface area contributed by atoms with E-state index in [4.69, 9.17) is 0 Å². The van der Waals surface area contributed by atoms with Gasteiger partial charge in [0.25, 0.3) is 0 Å². The molecule has 0 fully saturated rings. The number of aryl methyl sites for hydroxylation is 1. The molecule has 2 aliphatic rings. The van der Waals surface area contributed by atoms with Crippen LogP contribution in [0.25, 0.3) is 28.0 Å². The fourth-order valence-electron chi connectivity index (χ4n) is 3.86. The first-order valence-electron chi connectivity index (χ1n) is 7.63. The van der Waals surface area contributed by atoms with Crippen LogP contribution in [0.2, 0.25) is 0 Å². The lowest BCUT2D eigenvalue weighted by Gasteiger charge is -2.24. The molecule has 0 atom stereocenters. The van der Waals surface area contributed by atoms with E-state index in [9.17, 15) is 9.59 Å². The van der Waals surface area contributed by atoms with Crippen molar-refractivity contribution in [3.63, 3.8) is 0 Å². The van der Waals surface area contributed by atoms with Gasteiger partial charge in [-0.05, 0) is 47.4 Å². The van der Waals surface area contributed by atoms with Gasteiger partial charge in [0.15, 0.2) is 11.6 Å². The summed E-state index contributed by atoms with van der Waals surface area (Å²) >= 11 is 0. The number of ketones is 2. The van der Waals surface area contributed by atoms with Crippen LogP contribution < -0.4 is 0 Å². The lowest BCUT2D eigenvalue weighted by Crippen LogP contribution is -2.14. The van der Waals surface area contributed by atoms with Gasteiger partial charge in [-0.3, -0.25) is 9.59 Å². The molecule has 0 aromatic heterocycles. The van der Waals surface area contributed by atoms with Crippen molar-refractivity contribution in [1.82, 2.24) is 0 Å². The summed E-state index contributed by atoms with van der Waals surface area (Å²) in [7, 11) is 0. The molecule has 23 heavy (non-hydrogen) atoms. The highest BCUT2D eigenvalue weighted by Crippen LogP contribution is 2.43. The number of allylic oxidation sites excluding steroid dienone is 1. The van der Waals surface area contributed by atoms with Gasteiger partial charge in [-0.1, -0.05) is 36.4 Å². The summed E-state index contributed by atoms with van der Waals surface area (Å²) < 4.78 is 0. The molecule has 0 heterocycles. The van der Waals surface area contributed by atoms with Crippen molar-refractivity contribution in [3.8, 4) is 11.1 Å². The molecule has 3 aromatic rings. The van der Waals surface area contributed by atoms with E-state index < -0.39 is 0 Å². The summed E-state index contributed by atoms with van der Waals surface area (Å²) in [5.74, 6) is 0.0555. The molecule has 2 nitrogen and oxygen atoms in total. The molecular weight excluding hydrogens is 284 g/mol. The number of hydrogen-bond donors (Lipinski definition) is 0. The van der Waals surface area contributed by atoms with E-state index in [-0.39, 0.29) is 11.6 Å². The first-order valence-corrected chi connectivity index (χ1v) is 7.63. The predicted molar refractivity (Wildman–Crippen MR) is 90.9 cm³/mol. The third-order valence-electron chi connectivity index (χ3n) is 4.91. The average molecular weight is 296 g/mol. The Labute approximate surface area is 133 Å². The molecule has 2 aliphatic carbocycles. The van der Waals surface area contributed by atoms with Crippen LogP contribution in [0.15, 0.2) is 48.5 Å². The minimum Gasteiger partial charge on any atom is -0.289 e. The van der Waals surface area contributed by atoms with E-state index in [1.54, 1.807) is 18.2 Å². The lowest BCUT2D eigenvalue weighted by molar-refractivity contribution is 0.103. The molecule has 2 heteroatoms. The Morgan fingerprint density at radius 2 is 1.48 bits per heavy atom. The second kappa shape index (κ2) is 4.05. The van der Waals surface area contributed by atoms with Crippen molar-refractivity contribution in [1.29, 1.82) is 0 Å². The van der Waals surface area contributed by atoms with Crippen LogP contribution in [-0.2, 0) is 0 Å². The quantitative estimate of drug-likeness (QED) is 0.476. The van der Waals surface area contributed by atoms with Crippen LogP contribution in [0.4, 0.5) is 0 Å². The zero-order valence-corrected chi connectivity index (χ0v) is 12.5. The van der Waals surface area contributed by atoms with E-state index >= 15 is 0 Å². The molecule has 3 aromatic carbocycles. The maximum Gasteiger partial charge on any atom is 0.194 e. The van der Waals surface area contributed by atoms with Crippen molar-refractivity contribution in [2.24, 2.45) is 0 Å². The van der Waals surface area contributed by atoms with Crippen molar-refractivity contribution in [2.45, 2.75) is 6.92 Å². The molecule has 0 aliphatic heterocycles. The highest BCUT2D eigenvalue weighted by Gasteiger charge is 2.29. The molecule has 0 N–H and O–H groups in total. The number of benzene rings is 3. The molecule has 0 saturated carbocycles. The third-order valence-corrected chi connectivity index (χ3v) is 4.91. The maximum absolute atomic E-state index is 13.0. The topological polar surface area (TPSA) is 34.1 Å². The standard InChI is InChI=1S/C21H12O2/c1-11-3-2-4-13-14-7-5-12-6-10-17(22)15-8-9-16(20(14)19(12)15)21(23)18(11)13/h2-10H,1H3. The first-order chi connectivity index (χ1) is 11.2. The van der Waals surface area contributed by atoms with Crippen molar-refractivity contribution in [3.05, 3.63) is 76.4 Å². The van der Waals surface area contributed by atoms with Gasteiger partial charge in [0.2, 0.25) is 0 Å². The SMILES string of the molecule is Cc1cccc2c1C(=O)c1ccc3c4c(ccc-2c14)C=CC3=O. The first kappa shape index (κ1) is 12.5. The monoisotopic (exact) mass is 296 g/mol. The summed E-state index contributed by atoms with van der Waals surface area (Å²) in [6.07, 6.45) is 3.44. The van der Waals surface area contributed by atoms with Crippen molar-refractivity contribution < 1.29 is 9.59 Å². The van der Waals surface area contributed by atoms with Crippen LogP contribution in [0, 0.1) is 6.92 Å². The Kier molecular flexibility index (Phi) is 2.21. The fraction of sp³-hybridized carbons (Fsp3) is 0.0476. The van der Waals surface area contributed by atoms with E-state index in [1.165, 1.54) is 0 Å². The van der Waals surface area contributed by atoms with Gasteiger partial charge in [0.05, 0.1) is 0 Å². The summed E-state index contributed by atoms with van der Waals surface area (Å²) in [5, 5.41) is 1.83. The van der Waals surface area contributed by atoms with Crippen LogP contribution in [0.3, 0.4) is 0 Å². The molecule has 0 radical (unpaired) electrons.